The molecule has 2 rings (SSSR count). The Morgan fingerprint density at radius 2 is 2.15 bits per heavy atom. The summed E-state index contributed by atoms with van der Waals surface area (Å²) in [6, 6.07) is 3.75. The Morgan fingerprint density at radius 1 is 1.40 bits per heavy atom. The average Bonchev–Trinajstić information content (AvgIpc) is 2.46. The maximum absolute atomic E-state index is 12.4. The van der Waals surface area contributed by atoms with Crippen molar-refractivity contribution in [1.82, 2.24) is 4.90 Å². The van der Waals surface area contributed by atoms with E-state index in [2.05, 4.69) is 5.92 Å². The summed E-state index contributed by atoms with van der Waals surface area (Å²) in [7, 11) is 0. The lowest BCUT2D eigenvalue weighted by Gasteiger charge is -2.33. The minimum atomic E-state index is -0.987. The molecule has 1 aliphatic rings. The summed E-state index contributed by atoms with van der Waals surface area (Å²) in [6.45, 7) is 0.421. The maximum Gasteiger partial charge on any atom is 0.326 e. The second-order valence-corrected chi connectivity index (χ2v) is 5.08. The monoisotopic (exact) mass is 290 g/mol. The van der Waals surface area contributed by atoms with E-state index in [-0.39, 0.29) is 16.5 Å². The van der Waals surface area contributed by atoms with Gasteiger partial charge in [-0.2, -0.15) is 0 Å². The van der Waals surface area contributed by atoms with Gasteiger partial charge in [-0.15, -0.1) is 0 Å². The van der Waals surface area contributed by atoms with Crippen molar-refractivity contribution in [2.75, 3.05) is 6.54 Å². The minimum Gasteiger partial charge on any atom is -0.480 e. The quantitative estimate of drug-likeness (QED) is 0.851. The summed E-state index contributed by atoms with van der Waals surface area (Å²) in [5.74, 6) is 0.823. The number of halogens is 1. The largest absolute Gasteiger partial charge is 0.480 e. The first-order valence-corrected chi connectivity index (χ1v) is 6.68. The van der Waals surface area contributed by atoms with Crippen LogP contribution in [0.15, 0.2) is 18.2 Å². The smallest absolute Gasteiger partial charge is 0.326 e. The molecule has 1 fully saturated rings. The van der Waals surface area contributed by atoms with Crippen LogP contribution >= 0.6 is 11.6 Å². The number of likely N-dealkylation sites (tertiary alicyclic amines) is 1. The molecule has 0 aliphatic carbocycles. The molecule has 0 spiro atoms. The second-order valence-electron chi connectivity index (χ2n) is 4.67. The van der Waals surface area contributed by atoms with E-state index in [1.165, 1.54) is 17.0 Å². The molecule has 1 saturated heterocycles. The summed E-state index contributed by atoms with van der Waals surface area (Å²) >= 11 is 6.03. The number of aliphatic carboxylic acids is 1. The number of carboxylic acid groups (broad SMARTS) is 1. The number of amides is 1. The van der Waals surface area contributed by atoms with Crippen LogP contribution in [0, 0.1) is 12.3 Å². The highest BCUT2D eigenvalue weighted by Crippen LogP contribution is 2.24. The summed E-state index contributed by atoms with van der Waals surface area (Å²) in [4.78, 5) is 25.0. The van der Waals surface area contributed by atoms with Crippen molar-refractivity contribution < 1.29 is 14.7 Å². The molecule has 1 amide bonds. The van der Waals surface area contributed by atoms with E-state index in [4.69, 9.17) is 18.0 Å². The zero-order valence-electron chi connectivity index (χ0n) is 10.7. The SMILES string of the molecule is [C]#Cc1ccc(C(=O)N2CCCCC2C(=O)O)c(Cl)c1. The lowest BCUT2D eigenvalue weighted by Crippen LogP contribution is -2.48. The molecule has 0 aromatic heterocycles. The first kappa shape index (κ1) is 14.4. The molecule has 1 aromatic rings. The van der Waals surface area contributed by atoms with Gasteiger partial charge in [0.15, 0.2) is 0 Å². The van der Waals surface area contributed by atoms with Crippen LogP contribution in [0.5, 0.6) is 0 Å². The Hall–Kier alpha value is -1.99. The Kier molecular flexibility index (Phi) is 4.31. The van der Waals surface area contributed by atoms with Gasteiger partial charge in [-0.25, -0.2) is 4.79 Å². The van der Waals surface area contributed by atoms with Crippen molar-refractivity contribution in [2.45, 2.75) is 25.3 Å². The number of carbonyl (C=O) groups is 2. The predicted octanol–water partition coefficient (Wildman–Crippen LogP) is 2.36. The first-order valence-electron chi connectivity index (χ1n) is 6.30. The van der Waals surface area contributed by atoms with Crippen molar-refractivity contribution in [3.63, 3.8) is 0 Å². The zero-order valence-corrected chi connectivity index (χ0v) is 11.5. The fraction of sp³-hybridized carbons (Fsp3) is 0.333. The molecule has 1 aromatic carbocycles. The van der Waals surface area contributed by atoms with Gasteiger partial charge < -0.3 is 10.0 Å². The Balaban J connectivity index is 2.30. The number of carbonyl (C=O) groups excluding carboxylic acids is 1. The van der Waals surface area contributed by atoms with Crippen LogP contribution in [0.3, 0.4) is 0 Å². The topological polar surface area (TPSA) is 57.6 Å². The molecule has 4 nitrogen and oxygen atoms in total. The van der Waals surface area contributed by atoms with E-state index < -0.39 is 12.0 Å². The van der Waals surface area contributed by atoms with E-state index in [1.54, 1.807) is 6.07 Å². The van der Waals surface area contributed by atoms with Crippen LogP contribution in [-0.2, 0) is 4.79 Å². The van der Waals surface area contributed by atoms with Gasteiger partial charge in [0.25, 0.3) is 5.91 Å². The molecule has 1 radical (unpaired) electrons. The minimum absolute atomic E-state index is 0.210. The molecule has 1 atom stereocenters. The van der Waals surface area contributed by atoms with Crippen LogP contribution in [-0.4, -0.2) is 34.5 Å². The highest BCUT2D eigenvalue weighted by atomic mass is 35.5. The third-order valence-electron chi connectivity index (χ3n) is 3.39. The van der Waals surface area contributed by atoms with E-state index in [9.17, 15) is 14.7 Å². The molecule has 0 bridgehead atoms. The van der Waals surface area contributed by atoms with Crippen molar-refractivity contribution in [2.24, 2.45) is 0 Å². The third-order valence-corrected chi connectivity index (χ3v) is 3.71. The third kappa shape index (κ3) is 2.78. The van der Waals surface area contributed by atoms with Gasteiger partial charge in [-0.3, -0.25) is 4.79 Å². The summed E-state index contributed by atoms with van der Waals surface area (Å²) in [6.07, 6.45) is 9.08. The van der Waals surface area contributed by atoms with E-state index in [0.29, 0.717) is 18.5 Å². The summed E-state index contributed by atoms with van der Waals surface area (Å²) < 4.78 is 0. The Labute approximate surface area is 122 Å². The number of nitrogens with zero attached hydrogens (tertiary/aromatic N) is 1. The fourth-order valence-electron chi connectivity index (χ4n) is 2.35. The van der Waals surface area contributed by atoms with Gasteiger partial charge in [0.2, 0.25) is 0 Å². The predicted molar refractivity (Wildman–Crippen MR) is 74.0 cm³/mol. The van der Waals surface area contributed by atoms with Crippen molar-refractivity contribution in [1.29, 1.82) is 0 Å². The molecule has 1 aliphatic heterocycles. The Morgan fingerprint density at radius 3 is 2.75 bits per heavy atom. The molecule has 1 unspecified atom stereocenters. The molecule has 0 saturated carbocycles. The number of piperidine rings is 1. The maximum atomic E-state index is 12.4. The highest BCUT2D eigenvalue weighted by molar-refractivity contribution is 6.34. The van der Waals surface area contributed by atoms with Crippen LogP contribution in [0.1, 0.15) is 35.2 Å². The molecule has 103 valence electrons. The lowest BCUT2D eigenvalue weighted by molar-refractivity contribution is -0.143. The van der Waals surface area contributed by atoms with Crippen LogP contribution in [0.2, 0.25) is 5.02 Å². The molecule has 5 heteroatoms. The number of hydrogen-bond acceptors (Lipinski definition) is 2. The number of rotatable bonds is 2. The van der Waals surface area contributed by atoms with E-state index in [1.807, 2.05) is 0 Å². The number of benzene rings is 1. The molecular formula is C15H13ClNO3. The lowest BCUT2D eigenvalue weighted by atomic mass is 10.0. The standard InChI is InChI=1S/C15H13ClNO3/c1-2-10-6-7-11(12(16)9-10)14(18)17-8-4-3-5-13(17)15(19)20/h6-7,9,13H,3-5,8H2,(H,19,20). The number of hydrogen-bond donors (Lipinski definition) is 1. The van der Waals surface area contributed by atoms with Crippen LogP contribution in [0.25, 0.3) is 0 Å². The highest BCUT2D eigenvalue weighted by Gasteiger charge is 2.33. The summed E-state index contributed by atoms with van der Waals surface area (Å²) in [5.41, 5.74) is 0.735. The van der Waals surface area contributed by atoms with Crippen LogP contribution < -0.4 is 0 Å². The molecular weight excluding hydrogens is 278 g/mol. The van der Waals surface area contributed by atoms with Gasteiger partial charge in [0.1, 0.15) is 6.04 Å². The van der Waals surface area contributed by atoms with Gasteiger partial charge >= 0.3 is 5.97 Å². The van der Waals surface area contributed by atoms with Gasteiger partial charge in [-0.1, -0.05) is 17.5 Å². The van der Waals surface area contributed by atoms with Crippen molar-refractivity contribution in [3.05, 3.63) is 40.8 Å². The molecule has 1 N–H and O–H groups in total. The second kappa shape index (κ2) is 5.98. The van der Waals surface area contributed by atoms with E-state index in [0.717, 1.165) is 12.8 Å². The summed E-state index contributed by atoms with van der Waals surface area (Å²) in [5, 5.41) is 9.40. The normalized spacial score (nSPS) is 18.4. The van der Waals surface area contributed by atoms with E-state index >= 15 is 0 Å². The Bertz CT molecular complexity index is 591. The number of carboxylic acids is 1. The zero-order chi connectivity index (χ0) is 14.7. The van der Waals surface area contributed by atoms with Gasteiger partial charge in [-0.05, 0) is 43.9 Å². The fourth-order valence-corrected chi connectivity index (χ4v) is 2.61. The van der Waals surface area contributed by atoms with Gasteiger partial charge in [0.05, 0.1) is 10.6 Å². The van der Waals surface area contributed by atoms with Crippen LogP contribution in [0.4, 0.5) is 0 Å². The molecule has 1 heterocycles. The van der Waals surface area contributed by atoms with Crippen molar-refractivity contribution in [3.8, 4) is 5.92 Å². The average molecular weight is 291 g/mol. The van der Waals surface area contributed by atoms with Gasteiger partial charge in [0, 0.05) is 12.1 Å². The molecule has 20 heavy (non-hydrogen) atoms. The first-order chi connectivity index (χ1) is 9.54. The van der Waals surface area contributed by atoms with Crippen molar-refractivity contribution >= 4 is 23.5 Å².